The first kappa shape index (κ1) is 93.6. The van der Waals surface area contributed by atoms with Crippen LogP contribution in [0.5, 0.6) is 0 Å². The fraction of sp³-hybridized carbons (Fsp3) is 0.677. The maximum absolute atomic E-state index is 14.5. The van der Waals surface area contributed by atoms with E-state index in [-0.39, 0.29) is 67.9 Å². The molecule has 0 aromatic carbocycles. The summed E-state index contributed by atoms with van der Waals surface area (Å²) in [6.07, 6.45) is -3.90. The molecule has 27 N–H and O–H groups in total. The van der Waals surface area contributed by atoms with Gasteiger partial charge in [0.05, 0.1) is 43.6 Å². The number of carboxylic acid groups (broad SMARTS) is 1. The number of aliphatic imine (C=N–C) groups is 1. The van der Waals surface area contributed by atoms with Crippen molar-refractivity contribution in [3.63, 3.8) is 0 Å². The van der Waals surface area contributed by atoms with Crippen LogP contribution in [0.1, 0.15) is 121 Å². The average molecular weight is 1530 g/mol. The summed E-state index contributed by atoms with van der Waals surface area (Å²) in [6.45, 7) is 16.4. The second-order valence-electron chi connectivity index (χ2n) is 26.2. The van der Waals surface area contributed by atoms with Crippen molar-refractivity contribution < 1.29 is 97.1 Å². The third-order valence-corrected chi connectivity index (χ3v) is 16.1. The van der Waals surface area contributed by atoms with Crippen molar-refractivity contribution in [2.24, 2.45) is 45.7 Å². The van der Waals surface area contributed by atoms with E-state index in [0.29, 0.717) is 0 Å². The smallest absolute Gasteiger partial charge is 0.305 e. The fourth-order valence-corrected chi connectivity index (χ4v) is 10.0. The Bertz CT molecular complexity index is 3170. The number of aliphatic hydroxyl groups is 3. The van der Waals surface area contributed by atoms with Gasteiger partial charge in [-0.05, 0) is 85.0 Å². The van der Waals surface area contributed by atoms with Crippen LogP contribution in [0.15, 0.2) is 17.5 Å². The van der Waals surface area contributed by atoms with Crippen LogP contribution in [0.25, 0.3) is 0 Å². The number of hydrogen-bond acceptors (Lipinski definition) is 24. The lowest BCUT2D eigenvalue weighted by atomic mass is 10.0. The van der Waals surface area contributed by atoms with Crippen LogP contribution in [0, 0.1) is 17.8 Å². The zero-order valence-corrected chi connectivity index (χ0v) is 62.5. The quantitative estimate of drug-likeness (QED) is 0.0125. The minimum absolute atomic E-state index is 0.00266. The van der Waals surface area contributed by atoms with Gasteiger partial charge in [0.1, 0.15) is 78.5 Å². The Hall–Kier alpha value is -9.46. The minimum Gasteiger partial charge on any atom is -0.481 e. The number of guanidine groups is 1. The van der Waals surface area contributed by atoms with Gasteiger partial charge in [-0.3, -0.25) is 81.7 Å². The highest BCUT2D eigenvalue weighted by molar-refractivity contribution is 7.80. The van der Waals surface area contributed by atoms with Gasteiger partial charge in [0.2, 0.25) is 88.6 Å². The highest BCUT2D eigenvalue weighted by Crippen LogP contribution is 2.12. The monoisotopic (exact) mass is 1530 g/mol. The molecular formula is C62H107N21O20S2. The molecule has 43 heteroatoms. The van der Waals surface area contributed by atoms with Gasteiger partial charge in [-0.15, -0.1) is 0 Å². The SMILES string of the molecule is CC(C)C[C@H](NC(=O)CNC(=O)[C@H](C)NC(=O)[C@H](CC(C)C)NC(=O)[C@H](CCCN=C(N)N)NC(=O)[C@H](Cc1cnc[nH]1)NC(=O)[C@@H](NC(=O)[C@@H](NC(=O)[C@H](CS)NC(=O)[C@@H](NC(=O)[C@H](C)NC(=O)[C@@H](NC(=O)[C@H](CC(=O)O)NC(=O)[C@H](CS)NC(=O)[C@H](C)N)[C@@H](C)O)[C@@H](C)O)C(C)C)[C@@H](C)O)C(N)=O. The molecule has 0 aliphatic heterocycles. The second-order valence-corrected chi connectivity index (χ2v) is 26.9. The van der Waals surface area contributed by atoms with Crippen LogP contribution >= 0.6 is 25.3 Å². The number of primary amides is 1. The molecule has 0 saturated heterocycles. The van der Waals surface area contributed by atoms with E-state index in [1.165, 1.54) is 40.2 Å². The van der Waals surface area contributed by atoms with Crippen LogP contribution in [-0.2, 0) is 83.1 Å². The zero-order chi connectivity index (χ0) is 80.4. The predicted octanol–water partition coefficient (Wildman–Crippen LogP) is -9.48. The highest BCUT2D eigenvalue weighted by atomic mass is 32.1. The molecule has 0 radical (unpaired) electrons. The number of rotatable bonds is 47. The Morgan fingerprint density at radius 2 is 0.857 bits per heavy atom. The summed E-state index contributed by atoms with van der Waals surface area (Å²) in [4.78, 5) is 224. The zero-order valence-electron chi connectivity index (χ0n) is 60.7. The molecule has 0 aliphatic carbocycles. The fourth-order valence-electron chi connectivity index (χ4n) is 9.53. The number of carbonyl (C=O) groups excluding carboxylic acids is 15. The molecule has 1 aromatic heterocycles. The Labute approximate surface area is 617 Å². The Balaban J connectivity index is 3.41. The number of nitrogens with two attached hydrogens (primary N) is 4. The average Bonchev–Trinajstić information content (AvgIpc) is 1.67. The first-order valence-electron chi connectivity index (χ1n) is 33.6. The van der Waals surface area contributed by atoms with Gasteiger partial charge in [0, 0.05) is 36.4 Å². The molecule has 0 saturated carbocycles. The molecular weight excluding hydrogens is 1420 g/mol. The number of aromatic nitrogens is 2. The van der Waals surface area contributed by atoms with E-state index >= 15 is 0 Å². The third-order valence-electron chi connectivity index (χ3n) is 15.3. The summed E-state index contributed by atoms with van der Waals surface area (Å²) >= 11 is 8.17. The number of hydrogen-bond donors (Lipinski definition) is 25. The normalized spacial score (nSPS) is 16.1. The maximum Gasteiger partial charge on any atom is 0.305 e. The summed E-state index contributed by atoms with van der Waals surface area (Å²) in [5, 5.41) is 74.8. The Kier molecular flexibility index (Phi) is 41.3. The van der Waals surface area contributed by atoms with Gasteiger partial charge in [0.15, 0.2) is 5.96 Å². The second kappa shape index (κ2) is 46.4. The number of imidazole rings is 1. The topological polar surface area (TPSA) is 668 Å². The number of amides is 15. The van der Waals surface area contributed by atoms with Crippen molar-refractivity contribution in [1.29, 1.82) is 0 Å². The lowest BCUT2D eigenvalue weighted by Gasteiger charge is -2.30. The number of nitrogens with one attached hydrogen (secondary N) is 15. The molecule has 1 rings (SSSR count). The number of thiol groups is 2. The van der Waals surface area contributed by atoms with Crippen molar-refractivity contribution in [2.45, 2.75) is 225 Å². The number of aliphatic carboxylic acids is 1. The van der Waals surface area contributed by atoms with Crippen LogP contribution in [-0.4, -0.2) is 258 Å². The number of aromatic amines is 1. The number of H-pyrrole nitrogens is 1. The summed E-state index contributed by atoms with van der Waals surface area (Å²) in [6, 6.07) is -21.6. The first-order valence-corrected chi connectivity index (χ1v) is 34.9. The molecule has 0 fully saturated rings. The number of nitrogens with zero attached hydrogens (tertiary/aromatic N) is 2. The summed E-state index contributed by atoms with van der Waals surface area (Å²) < 4.78 is 0. The van der Waals surface area contributed by atoms with E-state index in [0.717, 1.165) is 27.7 Å². The third kappa shape index (κ3) is 34.3. The summed E-state index contributed by atoms with van der Waals surface area (Å²) in [7, 11) is 0. The largest absolute Gasteiger partial charge is 0.481 e. The van der Waals surface area contributed by atoms with Gasteiger partial charge in [-0.2, -0.15) is 25.3 Å². The molecule has 105 heavy (non-hydrogen) atoms. The Morgan fingerprint density at radius 1 is 0.467 bits per heavy atom. The van der Waals surface area contributed by atoms with E-state index in [9.17, 15) is 97.1 Å². The van der Waals surface area contributed by atoms with Gasteiger partial charge in [-0.1, -0.05) is 41.5 Å². The van der Waals surface area contributed by atoms with E-state index in [1.807, 2.05) is 13.8 Å². The first-order chi connectivity index (χ1) is 48.8. The summed E-state index contributed by atoms with van der Waals surface area (Å²) in [5.41, 5.74) is 22.3. The van der Waals surface area contributed by atoms with Crippen molar-refractivity contribution in [1.82, 2.24) is 84.4 Å². The van der Waals surface area contributed by atoms with E-state index in [4.69, 9.17) is 22.9 Å². The summed E-state index contributed by atoms with van der Waals surface area (Å²) in [5.74, 6) is -18.9. The highest BCUT2D eigenvalue weighted by Gasteiger charge is 2.40. The lowest BCUT2D eigenvalue weighted by molar-refractivity contribution is -0.142. The van der Waals surface area contributed by atoms with Crippen molar-refractivity contribution in [3.8, 4) is 0 Å². The van der Waals surface area contributed by atoms with Crippen LogP contribution in [0.4, 0.5) is 0 Å². The van der Waals surface area contributed by atoms with Crippen molar-refractivity contribution >= 4 is 126 Å². The maximum atomic E-state index is 14.5. The Morgan fingerprint density at radius 3 is 1.32 bits per heavy atom. The van der Waals surface area contributed by atoms with Crippen LogP contribution < -0.4 is 97.4 Å². The molecule has 0 aliphatic rings. The molecule has 41 nitrogen and oxygen atoms in total. The van der Waals surface area contributed by atoms with Gasteiger partial charge < -0.3 is 123 Å². The molecule has 1 heterocycles. The van der Waals surface area contributed by atoms with E-state index < -0.39 is 222 Å². The minimum atomic E-state index is -1.93. The molecule has 17 atom stereocenters. The van der Waals surface area contributed by atoms with Gasteiger partial charge >= 0.3 is 5.97 Å². The van der Waals surface area contributed by atoms with E-state index in [2.05, 4.69) is 115 Å². The molecule has 1 aromatic rings. The van der Waals surface area contributed by atoms with Crippen molar-refractivity contribution in [3.05, 3.63) is 18.2 Å². The van der Waals surface area contributed by atoms with Crippen LogP contribution in [0.2, 0.25) is 0 Å². The molecule has 592 valence electrons. The predicted molar refractivity (Wildman–Crippen MR) is 383 cm³/mol. The number of carbonyl (C=O) groups is 16. The van der Waals surface area contributed by atoms with Crippen LogP contribution in [0.3, 0.4) is 0 Å². The lowest BCUT2D eigenvalue weighted by Crippen LogP contribution is -2.63. The molecule has 0 bridgehead atoms. The molecule has 15 amide bonds. The van der Waals surface area contributed by atoms with Gasteiger partial charge in [0.25, 0.3) is 0 Å². The van der Waals surface area contributed by atoms with E-state index in [1.54, 1.807) is 13.8 Å². The van der Waals surface area contributed by atoms with Gasteiger partial charge in [-0.25, -0.2) is 4.98 Å². The molecule has 0 unspecified atom stereocenters. The van der Waals surface area contributed by atoms with Crippen molar-refractivity contribution in [2.75, 3.05) is 24.6 Å². The number of aliphatic hydroxyl groups excluding tert-OH is 3. The molecule has 0 spiro atoms. The number of carboxylic acids is 1. The standard InChI is InChI=1S/C62H107N21O20S2/c1-25(2)16-36(48(64)90)73-42(87)21-69-50(92)29(8)71-53(95)37(17-26(3)4)75-52(94)35(14-13-15-68-62(65)66)74-54(96)38(18-34-20-67-24-70-34)77-60(102)47(33(12)86)83-58(100)44(27(5)6)80-57(99)41(23-105)79-61(103)46(32(11)85)81-51(93)30(9)72-59(101)45(31(10)84)82-55(97)39(19-43(88)89)76-56(98)40(22-104)78-49(91)28(7)63/h20,24-33,35-41,44-47,84-86,104-105H,13-19,21-23,63H2,1-12H3,(H2,64,90)(H,67,70)(H,69,92)(H,71,95)(H,72,101)(H,73,87)(H,74,96)(H,75,94)(H,76,98)(H,77,102)(H,78,91)(H,79,103)(H,80,99)(H,81,93)(H,82,97)(H,83,100)(H,88,89)(H4,65,66,68)/t28-,29-,30-,31+,32+,33+,35-,36-,37-,38-,39-,40-,41-,44-,45-,46-,47-/m0/s1.